The zero-order chi connectivity index (χ0) is 22.0. The Bertz CT molecular complexity index is 1170. The molecular weight excluding hydrogens is 414 g/mol. The fraction of sp³-hybridized carbons (Fsp3) is 0.435. The molecule has 0 unspecified atom stereocenters. The first-order chi connectivity index (χ1) is 15.0. The third-order valence-corrected chi connectivity index (χ3v) is 7.00. The molecule has 0 fully saturated rings. The van der Waals surface area contributed by atoms with Crippen LogP contribution in [0.5, 0.6) is 11.5 Å². The van der Waals surface area contributed by atoms with Gasteiger partial charge in [0.05, 0.1) is 32.0 Å². The van der Waals surface area contributed by atoms with Gasteiger partial charge in [-0.1, -0.05) is 0 Å². The van der Waals surface area contributed by atoms with Crippen LogP contribution in [0.1, 0.15) is 48.2 Å². The van der Waals surface area contributed by atoms with E-state index in [-0.39, 0.29) is 23.9 Å². The smallest absolute Gasteiger partial charge is 0.262 e. The summed E-state index contributed by atoms with van der Waals surface area (Å²) in [7, 11) is 3.20. The molecule has 7 nitrogen and oxygen atoms in total. The van der Waals surface area contributed by atoms with Gasteiger partial charge in [-0.05, 0) is 56.4 Å². The molecule has 0 spiro atoms. The zero-order valence-corrected chi connectivity index (χ0v) is 18.9. The van der Waals surface area contributed by atoms with Crippen molar-refractivity contribution in [3.63, 3.8) is 0 Å². The topological polar surface area (TPSA) is 82.4 Å². The maximum Gasteiger partial charge on any atom is 0.262 e. The Balaban J connectivity index is 1.46. The maximum atomic E-state index is 13.0. The average molecular weight is 442 g/mol. The molecule has 1 N–H and O–H groups in total. The summed E-state index contributed by atoms with van der Waals surface area (Å²) >= 11 is 1.63. The Morgan fingerprint density at radius 1 is 1.26 bits per heavy atom. The Hall–Kier alpha value is -2.87. The Kier molecular flexibility index (Phi) is 6.27. The second-order valence-corrected chi connectivity index (χ2v) is 8.86. The molecule has 0 bridgehead atoms. The van der Waals surface area contributed by atoms with Gasteiger partial charge in [-0.25, -0.2) is 4.98 Å². The van der Waals surface area contributed by atoms with Crippen LogP contribution in [0.3, 0.4) is 0 Å². The highest BCUT2D eigenvalue weighted by atomic mass is 32.1. The highest BCUT2D eigenvalue weighted by molar-refractivity contribution is 7.18. The molecule has 31 heavy (non-hydrogen) atoms. The number of rotatable bonds is 7. The predicted molar refractivity (Wildman–Crippen MR) is 121 cm³/mol. The van der Waals surface area contributed by atoms with Gasteiger partial charge < -0.3 is 14.8 Å². The van der Waals surface area contributed by atoms with Crippen LogP contribution >= 0.6 is 11.3 Å². The van der Waals surface area contributed by atoms with Gasteiger partial charge in [0.15, 0.2) is 0 Å². The van der Waals surface area contributed by atoms with E-state index >= 15 is 0 Å². The van der Waals surface area contributed by atoms with E-state index in [1.807, 2.05) is 25.1 Å². The minimum absolute atomic E-state index is 0.0419. The van der Waals surface area contributed by atoms with E-state index in [0.29, 0.717) is 18.0 Å². The molecule has 3 aromatic rings. The quantitative estimate of drug-likeness (QED) is 0.606. The minimum Gasteiger partial charge on any atom is -0.497 e. The van der Waals surface area contributed by atoms with Crippen LogP contribution in [0.4, 0.5) is 0 Å². The summed E-state index contributed by atoms with van der Waals surface area (Å²) in [6.45, 7) is 2.19. The highest BCUT2D eigenvalue weighted by Crippen LogP contribution is 2.33. The molecule has 0 aliphatic heterocycles. The van der Waals surface area contributed by atoms with Gasteiger partial charge in [0.25, 0.3) is 5.56 Å². The number of aromatic nitrogens is 2. The molecule has 1 atom stereocenters. The van der Waals surface area contributed by atoms with E-state index in [9.17, 15) is 9.59 Å². The average Bonchev–Trinajstić information content (AvgIpc) is 3.17. The summed E-state index contributed by atoms with van der Waals surface area (Å²) in [5.41, 5.74) is 1.96. The number of amides is 1. The summed E-state index contributed by atoms with van der Waals surface area (Å²) in [4.78, 5) is 32.2. The van der Waals surface area contributed by atoms with E-state index in [1.54, 1.807) is 36.5 Å². The van der Waals surface area contributed by atoms with E-state index in [0.717, 1.165) is 35.0 Å². The SMILES string of the molecule is COc1ccc(OC)c([C@@H](C)NC(=O)CCn2cnc3sc4c(c3c2=O)CCCC4)c1. The van der Waals surface area contributed by atoms with Crippen LogP contribution in [0, 0.1) is 0 Å². The summed E-state index contributed by atoms with van der Waals surface area (Å²) in [5, 5.41) is 3.73. The number of hydrogen-bond acceptors (Lipinski definition) is 6. The number of nitrogens with one attached hydrogen (secondary N) is 1. The van der Waals surface area contributed by atoms with Crippen molar-refractivity contribution in [3.8, 4) is 11.5 Å². The van der Waals surface area contributed by atoms with Crippen molar-refractivity contribution < 1.29 is 14.3 Å². The van der Waals surface area contributed by atoms with Gasteiger partial charge >= 0.3 is 0 Å². The lowest BCUT2D eigenvalue weighted by molar-refractivity contribution is -0.122. The first-order valence-electron chi connectivity index (χ1n) is 10.5. The number of nitrogens with zero attached hydrogens (tertiary/aromatic N) is 2. The number of benzene rings is 1. The largest absolute Gasteiger partial charge is 0.497 e. The Morgan fingerprint density at radius 2 is 2.06 bits per heavy atom. The van der Waals surface area contributed by atoms with Crippen LogP contribution in [0.25, 0.3) is 10.2 Å². The number of aryl methyl sites for hydroxylation is 3. The first kappa shape index (κ1) is 21.4. The van der Waals surface area contributed by atoms with E-state index in [4.69, 9.17) is 9.47 Å². The molecule has 2 heterocycles. The molecule has 164 valence electrons. The van der Waals surface area contributed by atoms with Crippen molar-refractivity contribution in [1.82, 2.24) is 14.9 Å². The summed E-state index contributed by atoms with van der Waals surface area (Å²) in [6.07, 6.45) is 6.01. The molecule has 1 aliphatic carbocycles. The molecule has 1 amide bonds. The molecule has 0 saturated carbocycles. The van der Waals surface area contributed by atoms with E-state index in [1.165, 1.54) is 16.9 Å². The van der Waals surface area contributed by atoms with Crippen LogP contribution in [0.15, 0.2) is 29.3 Å². The molecule has 8 heteroatoms. The van der Waals surface area contributed by atoms with Gasteiger partial charge in [-0.15, -0.1) is 11.3 Å². The second kappa shape index (κ2) is 9.09. The van der Waals surface area contributed by atoms with Crippen molar-refractivity contribution >= 4 is 27.5 Å². The van der Waals surface area contributed by atoms with Crippen LogP contribution in [-0.2, 0) is 24.2 Å². The summed E-state index contributed by atoms with van der Waals surface area (Å²) in [5.74, 6) is 1.24. The molecule has 0 radical (unpaired) electrons. The van der Waals surface area contributed by atoms with Crippen molar-refractivity contribution in [2.24, 2.45) is 0 Å². The number of ether oxygens (including phenoxy) is 2. The fourth-order valence-corrected chi connectivity index (χ4v) is 5.35. The number of hydrogen-bond donors (Lipinski definition) is 1. The number of carbonyl (C=O) groups is 1. The lowest BCUT2D eigenvalue weighted by Crippen LogP contribution is -2.29. The fourth-order valence-electron chi connectivity index (χ4n) is 4.13. The Morgan fingerprint density at radius 3 is 2.84 bits per heavy atom. The third kappa shape index (κ3) is 4.30. The lowest BCUT2D eigenvalue weighted by atomic mass is 9.97. The standard InChI is InChI=1S/C23H27N3O4S/c1-14(17-12-15(29-2)8-9-18(17)30-3)25-20(27)10-11-26-13-24-22-21(23(26)28)16-6-4-5-7-19(16)31-22/h8-9,12-14H,4-7,10-11H2,1-3H3,(H,25,27)/t14-/m1/s1. The number of fused-ring (bicyclic) bond motifs is 3. The number of methoxy groups -OCH3 is 2. The zero-order valence-electron chi connectivity index (χ0n) is 18.1. The van der Waals surface area contributed by atoms with E-state index < -0.39 is 0 Å². The molecule has 4 rings (SSSR count). The van der Waals surface area contributed by atoms with Crippen molar-refractivity contribution in [2.75, 3.05) is 14.2 Å². The predicted octanol–water partition coefficient (Wildman–Crippen LogP) is 3.62. The summed E-state index contributed by atoms with van der Waals surface area (Å²) in [6, 6.07) is 5.22. The van der Waals surface area contributed by atoms with Crippen LogP contribution < -0.4 is 20.3 Å². The third-order valence-electron chi connectivity index (χ3n) is 5.80. The lowest BCUT2D eigenvalue weighted by Gasteiger charge is -2.18. The monoisotopic (exact) mass is 441 g/mol. The normalized spacial score (nSPS) is 14.2. The first-order valence-corrected chi connectivity index (χ1v) is 11.3. The molecular formula is C23H27N3O4S. The number of carbonyl (C=O) groups excluding carboxylic acids is 1. The molecule has 1 aliphatic rings. The molecule has 0 saturated heterocycles. The maximum absolute atomic E-state index is 13.0. The highest BCUT2D eigenvalue weighted by Gasteiger charge is 2.20. The van der Waals surface area contributed by atoms with Gasteiger partial charge in [-0.2, -0.15) is 0 Å². The summed E-state index contributed by atoms with van der Waals surface area (Å²) < 4.78 is 12.3. The number of thiophene rings is 1. The van der Waals surface area contributed by atoms with Gasteiger partial charge in [0, 0.05) is 23.4 Å². The van der Waals surface area contributed by atoms with Gasteiger partial charge in [0.1, 0.15) is 16.3 Å². The van der Waals surface area contributed by atoms with Gasteiger partial charge in [0.2, 0.25) is 5.91 Å². The van der Waals surface area contributed by atoms with E-state index in [2.05, 4.69) is 10.3 Å². The molecule has 2 aromatic heterocycles. The van der Waals surface area contributed by atoms with Crippen molar-refractivity contribution in [1.29, 1.82) is 0 Å². The van der Waals surface area contributed by atoms with Crippen LogP contribution in [-0.4, -0.2) is 29.7 Å². The van der Waals surface area contributed by atoms with Crippen molar-refractivity contribution in [2.45, 2.75) is 51.6 Å². The molecule has 1 aromatic carbocycles. The van der Waals surface area contributed by atoms with Crippen LogP contribution in [0.2, 0.25) is 0 Å². The second-order valence-electron chi connectivity index (χ2n) is 7.78. The van der Waals surface area contributed by atoms with Gasteiger partial charge in [-0.3, -0.25) is 14.2 Å². The Labute approximate surface area is 185 Å². The minimum atomic E-state index is -0.265. The van der Waals surface area contributed by atoms with Crippen molar-refractivity contribution in [3.05, 3.63) is 50.9 Å².